The van der Waals surface area contributed by atoms with Crippen molar-refractivity contribution in [1.82, 2.24) is 5.32 Å². The third kappa shape index (κ3) is 6.75. The Morgan fingerprint density at radius 3 is 2.31 bits per heavy atom. The highest BCUT2D eigenvalue weighted by Gasteiger charge is 2.29. The van der Waals surface area contributed by atoms with Gasteiger partial charge in [-0.25, -0.2) is 8.42 Å². The van der Waals surface area contributed by atoms with Gasteiger partial charge in [0.1, 0.15) is 6.04 Å². The van der Waals surface area contributed by atoms with Crippen LogP contribution in [0.25, 0.3) is 0 Å². The van der Waals surface area contributed by atoms with Gasteiger partial charge in [0.2, 0.25) is 15.9 Å². The van der Waals surface area contributed by atoms with Gasteiger partial charge in [-0.15, -0.1) is 0 Å². The number of sulfonamides is 1. The smallest absolute Gasteiger partial charge is 0.243 e. The van der Waals surface area contributed by atoms with Crippen LogP contribution >= 0.6 is 11.6 Å². The van der Waals surface area contributed by atoms with Crippen LogP contribution < -0.4 is 9.62 Å². The Morgan fingerprint density at radius 1 is 1.10 bits per heavy atom. The summed E-state index contributed by atoms with van der Waals surface area (Å²) in [6.45, 7) is 6.37. The Balaban J connectivity index is 1.94. The van der Waals surface area contributed by atoms with E-state index >= 15 is 0 Å². The molecule has 0 spiro atoms. The summed E-state index contributed by atoms with van der Waals surface area (Å²) in [5, 5.41) is 3.25. The predicted molar refractivity (Wildman–Crippen MR) is 120 cm³/mol. The summed E-state index contributed by atoms with van der Waals surface area (Å²) in [6.07, 6.45) is 2.70. The molecule has 0 saturated heterocycles. The lowest BCUT2D eigenvalue weighted by Gasteiger charge is -2.28. The van der Waals surface area contributed by atoms with Gasteiger partial charge in [-0.1, -0.05) is 55.8 Å². The summed E-state index contributed by atoms with van der Waals surface area (Å²) in [5.74, 6) is 0.160. The number of nitrogens with zero attached hydrogens (tertiary/aromatic N) is 1. The van der Waals surface area contributed by atoms with E-state index in [0.717, 1.165) is 23.4 Å². The van der Waals surface area contributed by atoms with Crippen LogP contribution in [0.3, 0.4) is 0 Å². The molecule has 1 atom stereocenters. The fraction of sp³-hybridized carbons (Fsp3) is 0.409. The summed E-state index contributed by atoms with van der Waals surface area (Å²) in [6, 6.07) is 14.1. The fourth-order valence-electron chi connectivity index (χ4n) is 3.14. The second-order valence-corrected chi connectivity index (χ2v) is 9.80. The van der Waals surface area contributed by atoms with Gasteiger partial charge in [-0.05, 0) is 55.0 Å². The lowest BCUT2D eigenvalue weighted by Crippen LogP contribution is -2.48. The van der Waals surface area contributed by atoms with E-state index in [1.54, 1.807) is 25.1 Å². The number of halogens is 1. The minimum absolute atomic E-state index is 0.342. The molecule has 1 amide bonds. The normalized spacial score (nSPS) is 12.6. The van der Waals surface area contributed by atoms with Crippen LogP contribution in [0.2, 0.25) is 5.02 Å². The quantitative estimate of drug-likeness (QED) is 0.593. The minimum atomic E-state index is -3.65. The average Bonchev–Trinajstić information content (AvgIpc) is 2.64. The summed E-state index contributed by atoms with van der Waals surface area (Å²) >= 11 is 5.99. The number of carbonyl (C=O) groups excluding carboxylic acids is 1. The first-order valence-electron chi connectivity index (χ1n) is 9.71. The second kappa shape index (κ2) is 10.1. The first kappa shape index (κ1) is 23.2. The van der Waals surface area contributed by atoms with Crippen LogP contribution in [0.5, 0.6) is 0 Å². The monoisotopic (exact) mass is 436 g/mol. The van der Waals surface area contributed by atoms with E-state index in [0.29, 0.717) is 23.2 Å². The lowest BCUT2D eigenvalue weighted by atomic mass is 10.0. The Labute approximate surface area is 179 Å². The maximum absolute atomic E-state index is 12.6. The van der Waals surface area contributed by atoms with Crippen molar-refractivity contribution in [3.05, 3.63) is 64.7 Å². The van der Waals surface area contributed by atoms with Crippen molar-refractivity contribution in [3.63, 3.8) is 0 Å². The Kier molecular flexibility index (Phi) is 8.11. The Bertz CT molecular complexity index is 927. The molecule has 5 nitrogen and oxygen atoms in total. The van der Waals surface area contributed by atoms with Gasteiger partial charge in [0.05, 0.1) is 11.9 Å². The van der Waals surface area contributed by atoms with Crippen molar-refractivity contribution >= 4 is 33.2 Å². The molecule has 0 aliphatic heterocycles. The van der Waals surface area contributed by atoms with Crippen molar-refractivity contribution in [3.8, 4) is 0 Å². The Hall–Kier alpha value is -2.05. The summed E-state index contributed by atoms with van der Waals surface area (Å²) < 4.78 is 25.7. The highest BCUT2D eigenvalue weighted by molar-refractivity contribution is 7.92. The molecule has 0 aliphatic carbocycles. The molecule has 0 radical (unpaired) electrons. The van der Waals surface area contributed by atoms with Gasteiger partial charge in [0.25, 0.3) is 0 Å². The maximum atomic E-state index is 12.6. The molecule has 2 rings (SSSR count). The molecule has 158 valence electrons. The van der Waals surface area contributed by atoms with E-state index in [4.69, 9.17) is 11.6 Å². The van der Waals surface area contributed by atoms with E-state index in [1.807, 2.05) is 0 Å². The van der Waals surface area contributed by atoms with Gasteiger partial charge in [-0.2, -0.15) is 0 Å². The number of amides is 1. The van der Waals surface area contributed by atoms with Gasteiger partial charge in [0, 0.05) is 11.6 Å². The molecule has 2 aromatic rings. The average molecular weight is 437 g/mol. The van der Waals surface area contributed by atoms with Crippen LogP contribution in [0.4, 0.5) is 5.69 Å². The van der Waals surface area contributed by atoms with Crippen LogP contribution in [-0.4, -0.2) is 33.2 Å². The molecule has 0 fully saturated rings. The van der Waals surface area contributed by atoms with Crippen LogP contribution in [-0.2, 0) is 21.2 Å². The summed E-state index contributed by atoms with van der Waals surface area (Å²) in [5.41, 5.74) is 2.89. The first-order valence-corrected chi connectivity index (χ1v) is 11.9. The number of benzene rings is 2. The number of anilines is 1. The molecule has 0 aliphatic rings. The van der Waals surface area contributed by atoms with Gasteiger partial charge < -0.3 is 5.32 Å². The maximum Gasteiger partial charge on any atom is 0.243 e. The van der Waals surface area contributed by atoms with E-state index in [9.17, 15) is 13.2 Å². The van der Waals surface area contributed by atoms with E-state index in [1.165, 1.54) is 17.2 Å². The fourth-order valence-corrected chi connectivity index (χ4v) is 4.49. The van der Waals surface area contributed by atoms with Crippen molar-refractivity contribution in [2.45, 2.75) is 45.6 Å². The molecule has 0 heterocycles. The molecule has 7 heteroatoms. The molecule has 0 saturated carbocycles. The van der Waals surface area contributed by atoms with E-state index in [2.05, 4.69) is 43.4 Å². The molecular weight excluding hydrogens is 408 g/mol. The molecule has 0 aromatic heterocycles. The summed E-state index contributed by atoms with van der Waals surface area (Å²) in [4.78, 5) is 12.6. The zero-order valence-electron chi connectivity index (χ0n) is 17.4. The number of aryl methyl sites for hydroxylation is 1. The number of hydrogen-bond donors (Lipinski definition) is 1. The predicted octanol–water partition coefficient (Wildman–Crippen LogP) is 4.37. The van der Waals surface area contributed by atoms with Gasteiger partial charge in [0.15, 0.2) is 0 Å². The van der Waals surface area contributed by atoms with Crippen LogP contribution in [0.1, 0.15) is 44.2 Å². The molecule has 1 N–H and O–H groups in total. The first-order chi connectivity index (χ1) is 13.6. The lowest BCUT2D eigenvalue weighted by molar-refractivity contribution is -0.121. The SMILES string of the molecule is CC(C)c1ccc(CCCNC(=O)[C@@H](C)N(c2cccc(Cl)c2)S(C)(=O)=O)cc1. The standard InChI is InChI=1S/C22H29ClN2O3S/c1-16(2)19-12-10-18(11-13-19)7-6-14-24-22(26)17(3)25(29(4,27)28)21-9-5-8-20(23)15-21/h5,8-13,15-17H,6-7,14H2,1-4H3,(H,24,26)/t17-/m1/s1. The number of rotatable bonds is 9. The minimum Gasteiger partial charge on any atom is -0.354 e. The topological polar surface area (TPSA) is 66.5 Å². The molecule has 2 aromatic carbocycles. The van der Waals surface area contributed by atoms with Crippen LogP contribution in [0.15, 0.2) is 48.5 Å². The Morgan fingerprint density at radius 2 is 1.76 bits per heavy atom. The number of hydrogen-bond acceptors (Lipinski definition) is 3. The van der Waals surface area contributed by atoms with Crippen molar-refractivity contribution in [1.29, 1.82) is 0 Å². The highest BCUT2D eigenvalue weighted by Crippen LogP contribution is 2.24. The van der Waals surface area contributed by atoms with Crippen molar-refractivity contribution < 1.29 is 13.2 Å². The number of nitrogens with one attached hydrogen (secondary N) is 1. The zero-order valence-corrected chi connectivity index (χ0v) is 18.9. The van der Waals surface area contributed by atoms with Crippen molar-refractivity contribution in [2.24, 2.45) is 0 Å². The zero-order chi connectivity index (χ0) is 21.6. The van der Waals surface area contributed by atoms with Crippen LogP contribution in [0, 0.1) is 0 Å². The number of carbonyl (C=O) groups is 1. The van der Waals surface area contributed by atoms with Crippen molar-refractivity contribution in [2.75, 3.05) is 17.1 Å². The molecule has 29 heavy (non-hydrogen) atoms. The molecule has 0 unspecified atom stereocenters. The van der Waals surface area contributed by atoms with Gasteiger partial charge in [-0.3, -0.25) is 9.10 Å². The third-order valence-corrected chi connectivity index (χ3v) is 6.22. The van der Waals surface area contributed by atoms with E-state index < -0.39 is 16.1 Å². The van der Waals surface area contributed by atoms with E-state index in [-0.39, 0.29) is 5.91 Å². The third-order valence-electron chi connectivity index (χ3n) is 4.74. The summed E-state index contributed by atoms with van der Waals surface area (Å²) in [7, 11) is -3.65. The largest absolute Gasteiger partial charge is 0.354 e. The highest BCUT2D eigenvalue weighted by atomic mass is 35.5. The molecule has 0 bridgehead atoms. The molecular formula is C22H29ClN2O3S. The van der Waals surface area contributed by atoms with Gasteiger partial charge >= 0.3 is 0 Å². The second-order valence-electron chi connectivity index (χ2n) is 7.51.